The molecule has 0 saturated carbocycles. The molecule has 4 rings (SSSR count). The summed E-state index contributed by atoms with van der Waals surface area (Å²) >= 11 is 0. The number of halogens is 1. The lowest BCUT2D eigenvalue weighted by Crippen LogP contribution is -2.53. The molecule has 0 unspecified atom stereocenters. The molecule has 1 aromatic carbocycles. The average Bonchev–Trinajstić information content (AvgIpc) is 2.63. The third kappa shape index (κ3) is 3.55. The second kappa shape index (κ2) is 7.64. The molecule has 1 amide bonds. The number of hydrogen-bond acceptors (Lipinski definition) is 3. The highest BCUT2D eigenvalue weighted by Crippen LogP contribution is 2.35. The number of carbonyl (C=O) groups is 1. The van der Waals surface area contributed by atoms with Crippen LogP contribution in [-0.4, -0.2) is 34.5 Å². The Bertz CT molecular complexity index is 836. The van der Waals surface area contributed by atoms with E-state index in [1.165, 1.54) is 0 Å². The van der Waals surface area contributed by atoms with Crippen molar-refractivity contribution in [2.24, 2.45) is 11.7 Å². The standard InChI is InChI=1S/C20H23N3O2.ClH/c21-17(10-14-5-2-1-3-6-14)20(25)22-11-15-9-16(13-22)18-7-4-8-19(24)23(18)12-15;/h1-8,15-17H,9-13,21H2;1H/t15-,16-,17+;/m1./s1. The Morgan fingerprint density at radius 3 is 2.62 bits per heavy atom. The van der Waals surface area contributed by atoms with E-state index < -0.39 is 6.04 Å². The van der Waals surface area contributed by atoms with Gasteiger partial charge >= 0.3 is 0 Å². The Balaban J connectivity index is 0.00000196. The van der Waals surface area contributed by atoms with Crippen LogP contribution in [0, 0.1) is 5.92 Å². The van der Waals surface area contributed by atoms with Crippen LogP contribution in [0.25, 0.3) is 0 Å². The van der Waals surface area contributed by atoms with Crippen molar-refractivity contribution in [1.29, 1.82) is 0 Å². The molecule has 0 spiro atoms. The quantitative estimate of drug-likeness (QED) is 0.891. The van der Waals surface area contributed by atoms with Gasteiger partial charge in [0.1, 0.15) is 0 Å². The predicted molar refractivity (Wildman–Crippen MR) is 103 cm³/mol. The Morgan fingerprint density at radius 2 is 1.85 bits per heavy atom. The fraction of sp³-hybridized carbons (Fsp3) is 0.400. The van der Waals surface area contributed by atoms with Crippen molar-refractivity contribution in [3.05, 3.63) is 70.1 Å². The minimum absolute atomic E-state index is 0. The van der Waals surface area contributed by atoms with Crippen molar-refractivity contribution in [1.82, 2.24) is 9.47 Å². The van der Waals surface area contributed by atoms with E-state index >= 15 is 0 Å². The Morgan fingerprint density at radius 1 is 1.08 bits per heavy atom. The van der Waals surface area contributed by atoms with Crippen molar-refractivity contribution >= 4 is 18.3 Å². The zero-order chi connectivity index (χ0) is 17.4. The maximum Gasteiger partial charge on any atom is 0.250 e. The van der Waals surface area contributed by atoms with Gasteiger partial charge < -0.3 is 15.2 Å². The number of hydrogen-bond donors (Lipinski definition) is 1. The van der Waals surface area contributed by atoms with Crippen LogP contribution in [0.2, 0.25) is 0 Å². The molecule has 2 N–H and O–H groups in total. The fourth-order valence-corrected chi connectivity index (χ4v) is 4.27. The number of aromatic nitrogens is 1. The molecule has 3 atom stereocenters. The van der Waals surface area contributed by atoms with Gasteiger partial charge in [0.15, 0.2) is 0 Å². The highest BCUT2D eigenvalue weighted by molar-refractivity contribution is 5.85. The molecule has 3 heterocycles. The largest absolute Gasteiger partial charge is 0.340 e. The van der Waals surface area contributed by atoms with Crippen molar-refractivity contribution in [2.45, 2.75) is 31.3 Å². The molecule has 2 aromatic rings. The van der Waals surface area contributed by atoms with E-state index in [-0.39, 0.29) is 29.8 Å². The molecule has 26 heavy (non-hydrogen) atoms. The highest BCUT2D eigenvalue weighted by Gasteiger charge is 2.37. The third-order valence-electron chi connectivity index (χ3n) is 5.41. The summed E-state index contributed by atoms with van der Waals surface area (Å²) in [6.45, 7) is 2.04. The molecule has 2 aliphatic heterocycles. The lowest BCUT2D eigenvalue weighted by Gasteiger charge is -2.43. The minimum atomic E-state index is -0.515. The summed E-state index contributed by atoms with van der Waals surface area (Å²) in [4.78, 5) is 26.8. The van der Waals surface area contributed by atoms with Gasteiger partial charge in [-0.2, -0.15) is 0 Å². The molecule has 138 valence electrons. The molecule has 2 bridgehead atoms. The molecule has 2 aliphatic rings. The van der Waals surface area contributed by atoms with Crippen molar-refractivity contribution in [2.75, 3.05) is 13.1 Å². The maximum atomic E-state index is 12.8. The van der Waals surface area contributed by atoms with Crippen LogP contribution < -0.4 is 11.3 Å². The van der Waals surface area contributed by atoms with E-state index in [0.29, 0.717) is 32.0 Å². The summed E-state index contributed by atoms with van der Waals surface area (Å²) < 4.78 is 1.88. The SMILES string of the molecule is Cl.N[C@@H](Cc1ccccc1)C(=O)N1C[C@H]2C[C@H](C1)c1cccc(=O)n1C2. The number of amides is 1. The summed E-state index contributed by atoms with van der Waals surface area (Å²) in [6, 6.07) is 14.8. The molecular weight excluding hydrogens is 350 g/mol. The number of nitrogens with zero attached hydrogens (tertiary/aromatic N) is 2. The summed E-state index contributed by atoms with van der Waals surface area (Å²) in [7, 11) is 0. The van der Waals surface area contributed by atoms with E-state index in [1.807, 2.05) is 51.9 Å². The van der Waals surface area contributed by atoms with Gasteiger partial charge in [-0.1, -0.05) is 36.4 Å². The first-order chi connectivity index (χ1) is 12.1. The monoisotopic (exact) mass is 373 g/mol. The number of likely N-dealkylation sites (tertiary alicyclic amines) is 1. The smallest absolute Gasteiger partial charge is 0.250 e. The summed E-state index contributed by atoms with van der Waals surface area (Å²) in [5, 5.41) is 0. The van der Waals surface area contributed by atoms with Gasteiger partial charge in [0.05, 0.1) is 6.04 Å². The topological polar surface area (TPSA) is 68.3 Å². The molecule has 5 nitrogen and oxygen atoms in total. The van der Waals surface area contributed by atoms with E-state index in [1.54, 1.807) is 6.07 Å². The minimum Gasteiger partial charge on any atom is -0.340 e. The third-order valence-corrected chi connectivity index (χ3v) is 5.41. The second-order valence-corrected chi connectivity index (χ2v) is 7.24. The van der Waals surface area contributed by atoms with Crippen LogP contribution in [0.1, 0.15) is 23.6 Å². The molecule has 1 aromatic heterocycles. The van der Waals surface area contributed by atoms with Crippen LogP contribution >= 0.6 is 12.4 Å². The van der Waals surface area contributed by atoms with Gasteiger partial charge in [-0.3, -0.25) is 9.59 Å². The van der Waals surface area contributed by atoms with E-state index in [9.17, 15) is 9.59 Å². The normalized spacial score (nSPS) is 22.1. The maximum absolute atomic E-state index is 12.8. The number of nitrogens with two attached hydrogens (primary N) is 1. The average molecular weight is 374 g/mol. The first kappa shape index (κ1) is 18.7. The van der Waals surface area contributed by atoms with E-state index in [0.717, 1.165) is 17.7 Å². The number of rotatable bonds is 3. The van der Waals surface area contributed by atoms with Gasteiger partial charge in [-0.15, -0.1) is 12.4 Å². The first-order valence-electron chi connectivity index (χ1n) is 8.90. The van der Waals surface area contributed by atoms with E-state index in [4.69, 9.17) is 5.73 Å². The second-order valence-electron chi connectivity index (χ2n) is 7.24. The Kier molecular flexibility index (Phi) is 5.49. The van der Waals surface area contributed by atoms with E-state index in [2.05, 4.69) is 0 Å². The summed E-state index contributed by atoms with van der Waals surface area (Å²) in [5.74, 6) is 0.582. The van der Waals surface area contributed by atoms with Crippen LogP contribution in [0.5, 0.6) is 0 Å². The number of piperidine rings is 1. The van der Waals surface area contributed by atoms with Crippen LogP contribution in [-0.2, 0) is 17.8 Å². The number of benzene rings is 1. The van der Waals surface area contributed by atoms with Crippen LogP contribution in [0.3, 0.4) is 0 Å². The van der Waals surface area contributed by atoms with Gasteiger partial charge in [0.2, 0.25) is 5.91 Å². The molecule has 1 saturated heterocycles. The number of carbonyl (C=O) groups excluding carboxylic acids is 1. The molecule has 6 heteroatoms. The Labute approximate surface area is 159 Å². The van der Waals surface area contributed by atoms with Crippen molar-refractivity contribution in [3.8, 4) is 0 Å². The summed E-state index contributed by atoms with van der Waals surface area (Å²) in [5.41, 5.74) is 8.40. The number of fused-ring (bicyclic) bond motifs is 4. The van der Waals surface area contributed by atoms with Gasteiger partial charge in [-0.25, -0.2) is 0 Å². The van der Waals surface area contributed by atoms with Crippen LogP contribution in [0.4, 0.5) is 0 Å². The van der Waals surface area contributed by atoms with Crippen molar-refractivity contribution in [3.63, 3.8) is 0 Å². The Hall–Kier alpha value is -2.11. The lowest BCUT2D eigenvalue weighted by atomic mass is 9.83. The van der Waals surface area contributed by atoms with Gasteiger partial charge in [-0.05, 0) is 30.4 Å². The summed E-state index contributed by atoms with van der Waals surface area (Å²) in [6.07, 6.45) is 1.60. The fourth-order valence-electron chi connectivity index (χ4n) is 4.27. The van der Waals surface area contributed by atoms with Crippen molar-refractivity contribution < 1.29 is 4.79 Å². The van der Waals surface area contributed by atoms with Gasteiger partial charge in [0, 0.05) is 37.3 Å². The lowest BCUT2D eigenvalue weighted by molar-refractivity contribution is -0.135. The zero-order valence-corrected chi connectivity index (χ0v) is 15.4. The predicted octanol–water partition coefficient (Wildman–Crippen LogP) is 1.79. The van der Waals surface area contributed by atoms with Gasteiger partial charge in [0.25, 0.3) is 5.56 Å². The first-order valence-corrected chi connectivity index (χ1v) is 8.90. The molecule has 0 radical (unpaired) electrons. The highest BCUT2D eigenvalue weighted by atomic mass is 35.5. The van der Waals surface area contributed by atoms with Crippen LogP contribution in [0.15, 0.2) is 53.3 Å². The number of pyridine rings is 1. The molecular formula is C20H24ClN3O2. The molecule has 0 aliphatic carbocycles. The zero-order valence-electron chi connectivity index (χ0n) is 14.6. The molecule has 1 fully saturated rings.